The quantitative estimate of drug-likeness (QED) is 0.419. The fourth-order valence-electron chi connectivity index (χ4n) is 2.14. The zero-order valence-corrected chi connectivity index (χ0v) is 16.6. The van der Waals surface area contributed by atoms with Gasteiger partial charge in [0.25, 0.3) is 5.91 Å². The Morgan fingerprint density at radius 1 is 1.27 bits per heavy atom. The van der Waals surface area contributed by atoms with E-state index in [1.165, 1.54) is 11.8 Å². The molecule has 0 spiro atoms. The highest BCUT2D eigenvalue weighted by Gasteiger charge is 2.19. The van der Waals surface area contributed by atoms with Gasteiger partial charge in [-0.15, -0.1) is 11.8 Å². The molecular formula is C19H19ClN2O2S2. The summed E-state index contributed by atoms with van der Waals surface area (Å²) in [5.41, 5.74) is 3.48. The second kappa shape index (κ2) is 9.35. The first-order valence-electron chi connectivity index (χ1n) is 8.20. The molecule has 1 N–H and O–H groups in total. The van der Waals surface area contributed by atoms with E-state index < -0.39 is 0 Å². The Morgan fingerprint density at radius 2 is 1.96 bits per heavy atom. The van der Waals surface area contributed by atoms with Crippen molar-refractivity contribution in [1.82, 2.24) is 5.43 Å². The van der Waals surface area contributed by atoms with Crippen molar-refractivity contribution < 1.29 is 9.53 Å². The molecule has 1 aliphatic rings. The molecule has 4 nitrogen and oxygen atoms in total. The highest BCUT2D eigenvalue weighted by atomic mass is 35.5. The van der Waals surface area contributed by atoms with Gasteiger partial charge in [0.1, 0.15) is 11.9 Å². The van der Waals surface area contributed by atoms with Gasteiger partial charge in [-0.25, -0.2) is 5.43 Å². The molecule has 136 valence electrons. The summed E-state index contributed by atoms with van der Waals surface area (Å²) in [6.07, 6.45) is 1.96. The highest BCUT2D eigenvalue weighted by Crippen LogP contribution is 2.25. The minimum Gasteiger partial charge on any atom is -0.489 e. The van der Waals surface area contributed by atoms with Crippen LogP contribution in [0.4, 0.5) is 0 Å². The fraction of sp³-hybridized carbons (Fsp3) is 0.263. The molecule has 26 heavy (non-hydrogen) atoms. The summed E-state index contributed by atoms with van der Waals surface area (Å²) in [5.74, 6) is 2.83. The van der Waals surface area contributed by atoms with Crippen LogP contribution in [0.3, 0.4) is 0 Å². The first kappa shape index (κ1) is 19.1. The molecule has 1 fully saturated rings. The number of nitrogens with one attached hydrogen (secondary N) is 1. The Kier molecular flexibility index (Phi) is 6.88. The van der Waals surface area contributed by atoms with E-state index >= 15 is 0 Å². The van der Waals surface area contributed by atoms with Crippen LogP contribution in [0, 0.1) is 0 Å². The lowest BCUT2D eigenvalue weighted by Crippen LogP contribution is -2.30. The van der Waals surface area contributed by atoms with E-state index in [0.29, 0.717) is 11.1 Å². The molecule has 0 unspecified atom stereocenters. The maximum Gasteiger partial charge on any atom is 0.253 e. The molecule has 1 heterocycles. The first-order chi connectivity index (χ1) is 12.6. The second-order valence-electron chi connectivity index (χ2n) is 5.79. The van der Waals surface area contributed by atoms with Crippen LogP contribution in [-0.4, -0.2) is 35.0 Å². The zero-order chi connectivity index (χ0) is 18.4. The molecule has 1 amide bonds. The van der Waals surface area contributed by atoms with Crippen molar-refractivity contribution in [3.8, 4) is 5.75 Å². The summed E-state index contributed by atoms with van der Waals surface area (Å²) in [7, 11) is 0. The molecule has 2 aromatic rings. The average molecular weight is 407 g/mol. The smallest absolute Gasteiger partial charge is 0.253 e. The monoisotopic (exact) mass is 406 g/mol. The normalized spacial score (nSPS) is 15.5. The molecule has 0 saturated carbocycles. The SMILES string of the molecule is C[C@H](Sc1ccc(Cl)cc1)C(=O)N/N=C\c1ccc(OC2CSC2)cc1. The summed E-state index contributed by atoms with van der Waals surface area (Å²) >= 11 is 9.22. The third-order valence-electron chi connectivity index (χ3n) is 3.67. The lowest BCUT2D eigenvalue weighted by molar-refractivity contribution is -0.120. The summed E-state index contributed by atoms with van der Waals surface area (Å²) in [6, 6.07) is 15.1. The number of halogens is 1. The molecule has 1 saturated heterocycles. The molecule has 7 heteroatoms. The number of carbonyl (C=O) groups excluding carboxylic acids is 1. The number of hydrogen-bond donors (Lipinski definition) is 1. The lowest BCUT2D eigenvalue weighted by Gasteiger charge is -2.25. The Balaban J connectivity index is 1.45. The fourth-order valence-corrected chi connectivity index (χ4v) is 3.69. The molecule has 3 rings (SSSR count). The van der Waals surface area contributed by atoms with Crippen molar-refractivity contribution in [2.45, 2.75) is 23.2 Å². The van der Waals surface area contributed by atoms with E-state index in [4.69, 9.17) is 16.3 Å². The van der Waals surface area contributed by atoms with Crippen molar-refractivity contribution in [3.63, 3.8) is 0 Å². The van der Waals surface area contributed by atoms with Crippen LogP contribution in [0.5, 0.6) is 5.75 Å². The Morgan fingerprint density at radius 3 is 2.58 bits per heavy atom. The van der Waals surface area contributed by atoms with E-state index in [9.17, 15) is 4.79 Å². The van der Waals surface area contributed by atoms with Crippen LogP contribution < -0.4 is 10.2 Å². The van der Waals surface area contributed by atoms with Gasteiger partial charge in [0, 0.05) is 21.4 Å². The lowest BCUT2D eigenvalue weighted by atomic mass is 10.2. The van der Waals surface area contributed by atoms with Crippen LogP contribution in [0.15, 0.2) is 58.5 Å². The number of nitrogens with zero attached hydrogens (tertiary/aromatic N) is 1. The van der Waals surface area contributed by atoms with Crippen LogP contribution >= 0.6 is 35.1 Å². The molecule has 0 aliphatic carbocycles. The third kappa shape index (κ3) is 5.69. The molecule has 0 bridgehead atoms. The summed E-state index contributed by atoms with van der Waals surface area (Å²) in [6.45, 7) is 1.84. The van der Waals surface area contributed by atoms with Crippen LogP contribution in [0.2, 0.25) is 5.02 Å². The molecule has 1 aliphatic heterocycles. The predicted molar refractivity (Wildman–Crippen MR) is 111 cm³/mol. The second-order valence-corrected chi connectivity index (χ2v) is 8.72. The van der Waals surface area contributed by atoms with Crippen molar-refractivity contribution in [1.29, 1.82) is 0 Å². The van der Waals surface area contributed by atoms with Gasteiger partial charge in [-0.3, -0.25) is 4.79 Å². The van der Waals surface area contributed by atoms with Gasteiger partial charge in [-0.05, 0) is 61.0 Å². The Hall–Kier alpha value is -1.63. The minimum absolute atomic E-state index is 0.149. The number of thioether (sulfide) groups is 2. The molecular weight excluding hydrogens is 388 g/mol. The standard InChI is InChI=1S/C19H19ClN2O2S2/c1-13(26-18-8-4-15(20)5-9-18)19(23)22-21-10-14-2-6-16(7-3-14)24-17-11-25-12-17/h2-10,13,17H,11-12H2,1H3,(H,22,23)/b21-10-/t13-/m0/s1. The van der Waals surface area contributed by atoms with E-state index in [1.54, 1.807) is 6.21 Å². The third-order valence-corrected chi connectivity index (χ3v) is 6.25. The topological polar surface area (TPSA) is 50.7 Å². The maximum atomic E-state index is 12.1. The predicted octanol–water partition coefficient (Wildman–Crippen LogP) is 4.47. The number of amides is 1. The number of ether oxygens (including phenoxy) is 1. The van der Waals surface area contributed by atoms with Crippen molar-refractivity contribution in [3.05, 3.63) is 59.1 Å². The van der Waals surface area contributed by atoms with Crippen LogP contribution in [0.25, 0.3) is 0 Å². The summed E-state index contributed by atoms with van der Waals surface area (Å²) in [5, 5.41) is 4.45. The van der Waals surface area contributed by atoms with E-state index in [0.717, 1.165) is 27.7 Å². The van der Waals surface area contributed by atoms with Crippen LogP contribution in [-0.2, 0) is 4.79 Å². The van der Waals surface area contributed by atoms with Gasteiger partial charge < -0.3 is 4.74 Å². The van der Waals surface area contributed by atoms with Gasteiger partial charge >= 0.3 is 0 Å². The largest absolute Gasteiger partial charge is 0.489 e. The van der Waals surface area contributed by atoms with Gasteiger partial charge in [0.2, 0.25) is 0 Å². The van der Waals surface area contributed by atoms with Crippen molar-refractivity contribution in [2.75, 3.05) is 11.5 Å². The number of carbonyl (C=O) groups is 1. The molecule has 1 atom stereocenters. The molecule has 0 radical (unpaired) electrons. The molecule has 2 aromatic carbocycles. The van der Waals surface area contributed by atoms with Gasteiger partial charge in [-0.1, -0.05) is 11.6 Å². The van der Waals surface area contributed by atoms with Gasteiger partial charge in [-0.2, -0.15) is 16.9 Å². The zero-order valence-electron chi connectivity index (χ0n) is 14.2. The number of hydrogen-bond acceptors (Lipinski definition) is 5. The maximum absolute atomic E-state index is 12.1. The number of rotatable bonds is 7. The number of benzene rings is 2. The van der Waals surface area contributed by atoms with Gasteiger partial charge in [0.15, 0.2) is 0 Å². The molecule has 0 aromatic heterocycles. The summed E-state index contributed by atoms with van der Waals surface area (Å²) in [4.78, 5) is 13.1. The number of hydrazone groups is 1. The van der Waals surface area contributed by atoms with Gasteiger partial charge in [0.05, 0.1) is 11.5 Å². The minimum atomic E-state index is -0.260. The van der Waals surface area contributed by atoms with E-state index in [2.05, 4.69) is 10.5 Å². The van der Waals surface area contributed by atoms with Crippen molar-refractivity contribution >= 4 is 47.2 Å². The average Bonchev–Trinajstić information content (AvgIpc) is 2.61. The first-order valence-corrected chi connectivity index (χ1v) is 10.6. The van der Waals surface area contributed by atoms with E-state index in [-0.39, 0.29) is 11.2 Å². The Labute approximate surface area is 166 Å². The summed E-state index contributed by atoms with van der Waals surface area (Å²) < 4.78 is 5.80. The van der Waals surface area contributed by atoms with Crippen LogP contribution in [0.1, 0.15) is 12.5 Å². The Bertz CT molecular complexity index is 762. The van der Waals surface area contributed by atoms with Crippen molar-refractivity contribution in [2.24, 2.45) is 5.10 Å². The highest BCUT2D eigenvalue weighted by molar-refractivity contribution is 8.00. The van der Waals surface area contributed by atoms with E-state index in [1.807, 2.05) is 67.2 Å².